The molecule has 5 nitrogen and oxygen atoms in total. The van der Waals surface area contributed by atoms with Crippen molar-refractivity contribution in [1.29, 1.82) is 0 Å². The molecule has 21 heavy (non-hydrogen) atoms. The average Bonchev–Trinajstić information content (AvgIpc) is 2.99. The van der Waals surface area contributed by atoms with Crippen LogP contribution < -0.4 is 10.6 Å². The fourth-order valence-corrected chi connectivity index (χ4v) is 3.47. The van der Waals surface area contributed by atoms with Crippen LogP contribution in [-0.4, -0.2) is 60.8 Å². The molecule has 0 bridgehead atoms. The largest absolute Gasteiger partial charge is 0.395 e. The molecule has 1 heterocycles. The molecule has 0 spiro atoms. The van der Waals surface area contributed by atoms with Gasteiger partial charge in [-0.2, -0.15) is 0 Å². The van der Waals surface area contributed by atoms with Crippen molar-refractivity contribution in [2.75, 3.05) is 32.8 Å². The average molecular weight is 297 g/mol. The Hall–Kier alpha value is -0.650. The van der Waals surface area contributed by atoms with E-state index in [1.807, 2.05) is 0 Å². The minimum atomic E-state index is 0.164. The lowest BCUT2D eigenvalue weighted by Crippen LogP contribution is -2.42. The van der Waals surface area contributed by atoms with Crippen LogP contribution in [0.2, 0.25) is 0 Å². The molecule has 1 aliphatic heterocycles. The fraction of sp³-hybridized carbons (Fsp3) is 0.938. The molecule has 1 aliphatic carbocycles. The first-order valence-electron chi connectivity index (χ1n) is 8.64. The van der Waals surface area contributed by atoms with Gasteiger partial charge in [0.1, 0.15) is 0 Å². The highest BCUT2D eigenvalue weighted by molar-refractivity contribution is 5.76. The van der Waals surface area contributed by atoms with E-state index in [1.165, 1.54) is 32.1 Å². The number of amides is 1. The zero-order chi connectivity index (χ0) is 14.9. The predicted octanol–water partition coefficient (Wildman–Crippen LogP) is 0.872. The van der Waals surface area contributed by atoms with Crippen LogP contribution >= 0.6 is 0 Å². The van der Waals surface area contributed by atoms with Crippen molar-refractivity contribution in [3.05, 3.63) is 0 Å². The number of nitrogens with one attached hydrogen (secondary N) is 2. The molecule has 1 amide bonds. The zero-order valence-corrected chi connectivity index (χ0v) is 13.1. The normalized spacial score (nSPS) is 23.6. The van der Waals surface area contributed by atoms with Gasteiger partial charge in [0.15, 0.2) is 0 Å². The molecule has 5 heteroatoms. The molecule has 3 N–H and O–H groups in total. The summed E-state index contributed by atoms with van der Waals surface area (Å²) in [5, 5.41) is 15.8. The van der Waals surface area contributed by atoms with Gasteiger partial charge in [-0.15, -0.1) is 0 Å². The second-order valence-corrected chi connectivity index (χ2v) is 6.47. The highest BCUT2D eigenvalue weighted by Gasteiger charge is 2.19. The van der Waals surface area contributed by atoms with Gasteiger partial charge in [-0.3, -0.25) is 9.69 Å². The van der Waals surface area contributed by atoms with E-state index >= 15 is 0 Å². The van der Waals surface area contributed by atoms with Gasteiger partial charge in [-0.05, 0) is 32.2 Å². The van der Waals surface area contributed by atoms with Gasteiger partial charge in [0.2, 0.25) is 5.91 Å². The number of nitrogens with zero attached hydrogens (tertiary/aromatic N) is 1. The van der Waals surface area contributed by atoms with Gasteiger partial charge in [-0.1, -0.05) is 19.3 Å². The first-order valence-corrected chi connectivity index (χ1v) is 8.64. The summed E-state index contributed by atoms with van der Waals surface area (Å²) in [4.78, 5) is 14.3. The van der Waals surface area contributed by atoms with Gasteiger partial charge in [-0.25, -0.2) is 0 Å². The molecule has 0 radical (unpaired) electrons. The smallest absolute Gasteiger partial charge is 0.221 e. The Labute approximate surface area is 128 Å². The highest BCUT2D eigenvalue weighted by atomic mass is 16.3. The van der Waals surface area contributed by atoms with Crippen molar-refractivity contribution in [2.24, 2.45) is 0 Å². The highest BCUT2D eigenvalue weighted by Crippen LogP contribution is 2.17. The van der Waals surface area contributed by atoms with E-state index in [-0.39, 0.29) is 12.5 Å². The summed E-state index contributed by atoms with van der Waals surface area (Å²) in [6.45, 7) is 3.61. The maximum atomic E-state index is 12.0. The molecule has 122 valence electrons. The van der Waals surface area contributed by atoms with E-state index in [9.17, 15) is 9.90 Å². The van der Waals surface area contributed by atoms with E-state index in [4.69, 9.17) is 0 Å². The monoisotopic (exact) mass is 297 g/mol. The summed E-state index contributed by atoms with van der Waals surface area (Å²) in [5.74, 6) is 0.171. The summed E-state index contributed by atoms with van der Waals surface area (Å²) in [7, 11) is 0. The van der Waals surface area contributed by atoms with E-state index < -0.39 is 0 Å². The fourth-order valence-electron chi connectivity index (χ4n) is 3.47. The predicted molar refractivity (Wildman–Crippen MR) is 84.2 cm³/mol. The molecule has 2 aliphatic rings. The minimum absolute atomic E-state index is 0.164. The topological polar surface area (TPSA) is 64.6 Å². The number of carbonyl (C=O) groups excluding carboxylic acids is 1. The zero-order valence-electron chi connectivity index (χ0n) is 13.1. The summed E-state index contributed by atoms with van der Waals surface area (Å²) in [5.41, 5.74) is 0. The van der Waals surface area contributed by atoms with Crippen molar-refractivity contribution in [3.63, 3.8) is 0 Å². The third-order valence-corrected chi connectivity index (χ3v) is 4.68. The summed E-state index contributed by atoms with van der Waals surface area (Å²) in [6.07, 6.45) is 9.06. The van der Waals surface area contributed by atoms with E-state index in [2.05, 4.69) is 15.5 Å². The standard InChI is InChI=1S/C16H31N3O2/c20-12-11-19(13-15-7-4-9-17-15)10-8-16(21)18-14-5-2-1-3-6-14/h14-15,17,20H,1-13H2,(H,18,21). The van der Waals surface area contributed by atoms with Crippen molar-refractivity contribution >= 4 is 5.91 Å². The lowest BCUT2D eigenvalue weighted by molar-refractivity contribution is -0.122. The van der Waals surface area contributed by atoms with Crippen molar-refractivity contribution in [1.82, 2.24) is 15.5 Å². The Morgan fingerprint density at radius 2 is 1.95 bits per heavy atom. The molecule has 1 saturated heterocycles. The lowest BCUT2D eigenvalue weighted by atomic mass is 9.95. The summed E-state index contributed by atoms with van der Waals surface area (Å²) < 4.78 is 0. The Bertz CT molecular complexity index is 300. The maximum Gasteiger partial charge on any atom is 0.221 e. The second-order valence-electron chi connectivity index (χ2n) is 6.47. The maximum absolute atomic E-state index is 12.0. The molecular formula is C16H31N3O2. The molecule has 2 rings (SSSR count). The molecule has 1 saturated carbocycles. The Morgan fingerprint density at radius 3 is 2.62 bits per heavy atom. The van der Waals surface area contributed by atoms with E-state index in [0.717, 1.165) is 32.5 Å². The van der Waals surface area contributed by atoms with Crippen LogP contribution in [0.3, 0.4) is 0 Å². The van der Waals surface area contributed by atoms with Crippen LogP contribution in [0, 0.1) is 0 Å². The van der Waals surface area contributed by atoms with Gasteiger partial charge in [0, 0.05) is 38.1 Å². The molecule has 0 aromatic rings. The van der Waals surface area contributed by atoms with Crippen molar-refractivity contribution in [3.8, 4) is 0 Å². The van der Waals surface area contributed by atoms with E-state index in [0.29, 0.717) is 25.0 Å². The number of carbonyl (C=O) groups is 1. The Morgan fingerprint density at radius 1 is 1.14 bits per heavy atom. The number of rotatable bonds is 8. The number of hydrogen-bond donors (Lipinski definition) is 3. The third-order valence-electron chi connectivity index (χ3n) is 4.68. The van der Waals surface area contributed by atoms with Crippen LogP contribution in [0.4, 0.5) is 0 Å². The van der Waals surface area contributed by atoms with Crippen molar-refractivity contribution < 1.29 is 9.90 Å². The lowest BCUT2D eigenvalue weighted by Gasteiger charge is -2.26. The number of aliphatic hydroxyl groups excluding tert-OH is 1. The van der Waals surface area contributed by atoms with Crippen LogP contribution in [0.25, 0.3) is 0 Å². The van der Waals surface area contributed by atoms with Gasteiger partial charge >= 0.3 is 0 Å². The third kappa shape index (κ3) is 6.32. The van der Waals surface area contributed by atoms with Crippen molar-refractivity contribution in [2.45, 2.75) is 63.5 Å². The number of hydrogen-bond acceptors (Lipinski definition) is 4. The van der Waals surface area contributed by atoms with Gasteiger partial charge in [0.05, 0.1) is 6.61 Å². The SMILES string of the molecule is O=C(CCN(CCO)CC1CCCN1)NC1CCCCC1. The minimum Gasteiger partial charge on any atom is -0.395 e. The summed E-state index contributed by atoms with van der Waals surface area (Å²) >= 11 is 0. The van der Waals surface area contributed by atoms with Crippen LogP contribution in [-0.2, 0) is 4.79 Å². The summed E-state index contributed by atoms with van der Waals surface area (Å²) in [6, 6.07) is 0.923. The molecule has 0 aromatic carbocycles. The first-order chi connectivity index (χ1) is 10.3. The molecule has 1 atom stereocenters. The quantitative estimate of drug-likeness (QED) is 0.622. The Balaban J connectivity index is 1.65. The Kier molecular flexibility index (Phi) is 7.47. The first kappa shape index (κ1) is 16.7. The van der Waals surface area contributed by atoms with Gasteiger partial charge < -0.3 is 15.7 Å². The van der Waals surface area contributed by atoms with Gasteiger partial charge in [0.25, 0.3) is 0 Å². The number of aliphatic hydroxyl groups is 1. The van der Waals surface area contributed by atoms with Crippen LogP contribution in [0.15, 0.2) is 0 Å². The molecular weight excluding hydrogens is 266 g/mol. The molecule has 1 unspecified atom stereocenters. The van der Waals surface area contributed by atoms with Crippen LogP contribution in [0.5, 0.6) is 0 Å². The second kappa shape index (κ2) is 9.38. The van der Waals surface area contributed by atoms with Crippen LogP contribution in [0.1, 0.15) is 51.4 Å². The molecule has 0 aromatic heterocycles. The molecule has 2 fully saturated rings. The van der Waals surface area contributed by atoms with E-state index in [1.54, 1.807) is 0 Å².